The van der Waals surface area contributed by atoms with Crippen LogP contribution in [0.2, 0.25) is 0 Å². The summed E-state index contributed by atoms with van der Waals surface area (Å²) in [6.45, 7) is 0. The first-order valence-electron chi connectivity index (χ1n) is 7.31. The van der Waals surface area contributed by atoms with Crippen LogP contribution in [0.15, 0.2) is 52.9 Å². The van der Waals surface area contributed by atoms with Crippen molar-refractivity contribution in [3.63, 3.8) is 0 Å². The third kappa shape index (κ3) is 4.55. The molecule has 0 spiro atoms. The molecule has 1 aromatic heterocycles. The number of hydrogen-bond donors (Lipinski definition) is 1. The highest BCUT2D eigenvalue weighted by molar-refractivity contribution is 8.00. The number of methoxy groups -OCH3 is 1. The van der Waals surface area contributed by atoms with Crippen molar-refractivity contribution < 1.29 is 13.9 Å². The molecule has 0 atom stereocenters. The molecule has 0 aliphatic heterocycles. The summed E-state index contributed by atoms with van der Waals surface area (Å²) in [5.41, 5.74) is 1.29. The van der Waals surface area contributed by atoms with Gasteiger partial charge < -0.3 is 4.74 Å². The van der Waals surface area contributed by atoms with E-state index in [-0.39, 0.29) is 5.56 Å². The van der Waals surface area contributed by atoms with E-state index < -0.39 is 11.7 Å². The molecule has 1 heterocycles. The van der Waals surface area contributed by atoms with Crippen LogP contribution in [0.4, 0.5) is 9.52 Å². The topological polar surface area (TPSA) is 64.1 Å². The second kappa shape index (κ2) is 8.09. The number of benzene rings is 2. The molecule has 0 aliphatic carbocycles. The number of nitrogens with one attached hydrogen (secondary N) is 1. The van der Waals surface area contributed by atoms with E-state index in [1.807, 2.05) is 30.3 Å². The Balaban J connectivity index is 1.65. The minimum atomic E-state index is -0.512. The lowest BCUT2D eigenvalue weighted by molar-refractivity contribution is 0.102. The molecule has 0 unspecified atom stereocenters. The van der Waals surface area contributed by atoms with Gasteiger partial charge in [-0.05, 0) is 23.8 Å². The van der Waals surface area contributed by atoms with Gasteiger partial charge in [0.05, 0.1) is 12.7 Å². The van der Waals surface area contributed by atoms with Crippen LogP contribution in [-0.2, 0) is 5.75 Å². The predicted molar refractivity (Wildman–Crippen MR) is 96.8 cm³/mol. The first-order chi connectivity index (χ1) is 12.2. The molecular formula is C17H14FN3O2S2. The summed E-state index contributed by atoms with van der Waals surface area (Å²) in [5, 5.41) is 11.0. The van der Waals surface area contributed by atoms with Gasteiger partial charge in [0, 0.05) is 5.75 Å². The van der Waals surface area contributed by atoms with Crippen molar-refractivity contribution in [2.24, 2.45) is 0 Å². The van der Waals surface area contributed by atoms with Crippen LogP contribution >= 0.6 is 23.1 Å². The van der Waals surface area contributed by atoms with E-state index in [4.69, 9.17) is 4.74 Å². The van der Waals surface area contributed by atoms with Crippen LogP contribution < -0.4 is 10.1 Å². The fourth-order valence-electron chi connectivity index (χ4n) is 2.06. The predicted octanol–water partition coefficient (Wildman–Crippen LogP) is 4.23. The van der Waals surface area contributed by atoms with Gasteiger partial charge in [0.1, 0.15) is 11.6 Å². The van der Waals surface area contributed by atoms with E-state index in [1.54, 1.807) is 0 Å². The smallest absolute Gasteiger partial charge is 0.261 e. The van der Waals surface area contributed by atoms with Crippen molar-refractivity contribution in [2.45, 2.75) is 10.1 Å². The van der Waals surface area contributed by atoms with Gasteiger partial charge in [0.15, 0.2) is 4.34 Å². The fourth-order valence-corrected chi connectivity index (χ4v) is 3.76. The number of hydrogen-bond acceptors (Lipinski definition) is 6. The van der Waals surface area contributed by atoms with Gasteiger partial charge in [0.25, 0.3) is 5.91 Å². The summed E-state index contributed by atoms with van der Waals surface area (Å²) in [4.78, 5) is 12.3. The number of ether oxygens (including phenoxy) is 1. The molecule has 3 rings (SSSR count). The van der Waals surface area contributed by atoms with Crippen LogP contribution in [-0.4, -0.2) is 23.2 Å². The van der Waals surface area contributed by atoms with Crippen molar-refractivity contribution in [1.82, 2.24) is 10.2 Å². The Morgan fingerprint density at radius 3 is 2.80 bits per heavy atom. The zero-order valence-electron chi connectivity index (χ0n) is 13.2. The lowest BCUT2D eigenvalue weighted by Gasteiger charge is -2.07. The number of halogens is 1. The highest BCUT2D eigenvalue weighted by Crippen LogP contribution is 2.29. The number of thioether (sulfide) groups is 1. The van der Waals surface area contributed by atoms with Gasteiger partial charge in [-0.1, -0.05) is 53.4 Å². The first kappa shape index (κ1) is 17.4. The number of carbonyl (C=O) groups is 1. The SMILES string of the molecule is COc1ccc(F)cc1C(=O)Nc1nnc(SCc2ccccc2)s1. The third-order valence-electron chi connectivity index (χ3n) is 3.24. The average molecular weight is 375 g/mol. The molecule has 2 aromatic carbocycles. The molecule has 0 aliphatic rings. The Kier molecular flexibility index (Phi) is 5.62. The van der Waals surface area contributed by atoms with Gasteiger partial charge in [-0.2, -0.15) is 0 Å². The quantitative estimate of drug-likeness (QED) is 0.516. The molecule has 0 saturated carbocycles. The molecule has 5 nitrogen and oxygen atoms in total. The van der Waals surface area contributed by atoms with Crippen LogP contribution in [0.3, 0.4) is 0 Å². The molecular weight excluding hydrogens is 361 g/mol. The number of amides is 1. The number of nitrogens with zero attached hydrogens (tertiary/aromatic N) is 2. The first-order valence-corrected chi connectivity index (χ1v) is 9.11. The van der Waals surface area contributed by atoms with Gasteiger partial charge in [-0.3, -0.25) is 10.1 Å². The zero-order valence-corrected chi connectivity index (χ0v) is 14.9. The molecule has 0 saturated heterocycles. The van der Waals surface area contributed by atoms with Gasteiger partial charge in [0.2, 0.25) is 5.13 Å². The molecule has 25 heavy (non-hydrogen) atoms. The van der Waals surface area contributed by atoms with E-state index in [0.717, 1.165) is 16.2 Å². The maximum absolute atomic E-state index is 13.4. The summed E-state index contributed by atoms with van der Waals surface area (Å²) >= 11 is 2.80. The molecule has 3 aromatic rings. The summed E-state index contributed by atoms with van der Waals surface area (Å²) in [7, 11) is 1.42. The highest BCUT2D eigenvalue weighted by atomic mass is 32.2. The van der Waals surface area contributed by atoms with E-state index in [9.17, 15) is 9.18 Å². The average Bonchev–Trinajstić information content (AvgIpc) is 3.08. The standard InChI is InChI=1S/C17H14FN3O2S2/c1-23-14-8-7-12(18)9-13(14)15(22)19-16-20-21-17(25-16)24-10-11-5-3-2-4-6-11/h2-9H,10H2,1H3,(H,19,20,22). The van der Waals surface area contributed by atoms with Gasteiger partial charge >= 0.3 is 0 Å². The lowest BCUT2D eigenvalue weighted by atomic mass is 10.2. The lowest BCUT2D eigenvalue weighted by Crippen LogP contribution is -2.13. The zero-order chi connectivity index (χ0) is 17.6. The largest absolute Gasteiger partial charge is 0.496 e. The summed E-state index contributed by atoms with van der Waals surface area (Å²) < 4.78 is 19.2. The summed E-state index contributed by atoms with van der Waals surface area (Å²) in [6.07, 6.45) is 0. The highest BCUT2D eigenvalue weighted by Gasteiger charge is 2.16. The Morgan fingerprint density at radius 2 is 2.04 bits per heavy atom. The molecule has 8 heteroatoms. The van der Waals surface area contributed by atoms with Crippen LogP contribution in [0.1, 0.15) is 15.9 Å². The molecule has 0 radical (unpaired) electrons. The van der Waals surface area contributed by atoms with E-state index in [2.05, 4.69) is 15.5 Å². The van der Waals surface area contributed by atoms with Crippen molar-refractivity contribution in [3.8, 4) is 5.75 Å². The molecule has 0 fully saturated rings. The number of rotatable bonds is 6. The maximum atomic E-state index is 13.4. The van der Waals surface area contributed by atoms with Crippen LogP contribution in [0.25, 0.3) is 0 Å². The van der Waals surface area contributed by atoms with Gasteiger partial charge in [-0.25, -0.2) is 4.39 Å². The summed E-state index contributed by atoms with van der Waals surface area (Å²) in [5.74, 6) is 0.0535. The number of anilines is 1. The second-order valence-corrected chi connectivity index (χ2v) is 7.15. The van der Waals surface area contributed by atoms with E-state index in [0.29, 0.717) is 10.9 Å². The maximum Gasteiger partial charge on any atom is 0.261 e. The summed E-state index contributed by atoms with van der Waals surface area (Å²) in [6, 6.07) is 13.8. The second-order valence-electron chi connectivity index (χ2n) is 4.95. The minimum Gasteiger partial charge on any atom is -0.496 e. The Morgan fingerprint density at radius 1 is 1.24 bits per heavy atom. The monoisotopic (exact) mass is 375 g/mol. The van der Waals surface area contributed by atoms with Crippen molar-refractivity contribution in [1.29, 1.82) is 0 Å². The normalized spacial score (nSPS) is 10.5. The molecule has 128 valence electrons. The Hall–Kier alpha value is -2.45. The molecule has 0 bridgehead atoms. The van der Waals surface area contributed by atoms with Crippen LogP contribution in [0, 0.1) is 5.82 Å². The fraction of sp³-hybridized carbons (Fsp3) is 0.118. The van der Waals surface area contributed by atoms with Gasteiger partial charge in [-0.15, -0.1) is 10.2 Å². The molecule has 1 N–H and O–H groups in total. The van der Waals surface area contributed by atoms with Crippen molar-refractivity contribution in [2.75, 3.05) is 12.4 Å². The number of carbonyl (C=O) groups excluding carboxylic acids is 1. The molecule has 1 amide bonds. The number of aromatic nitrogens is 2. The minimum absolute atomic E-state index is 0.108. The third-order valence-corrected chi connectivity index (χ3v) is 5.28. The van der Waals surface area contributed by atoms with Crippen molar-refractivity contribution in [3.05, 3.63) is 65.5 Å². The van der Waals surface area contributed by atoms with Crippen molar-refractivity contribution >= 4 is 34.1 Å². The Labute approximate surface area is 152 Å². The van der Waals surface area contributed by atoms with Crippen LogP contribution in [0.5, 0.6) is 5.75 Å². The van der Waals surface area contributed by atoms with E-state index in [1.165, 1.54) is 47.9 Å². The Bertz CT molecular complexity index is 871. The van der Waals surface area contributed by atoms with E-state index >= 15 is 0 Å².